The molecule has 0 heterocycles. The molecule has 0 atom stereocenters. The highest BCUT2D eigenvalue weighted by atomic mass is 16.5. The monoisotopic (exact) mass is 768 g/mol. The van der Waals surface area contributed by atoms with Crippen molar-refractivity contribution in [2.24, 2.45) is 0 Å². The molecule has 8 rings (SSSR count). The first-order valence-electron chi connectivity index (χ1n) is 20.5. The molecule has 0 amide bonds. The summed E-state index contributed by atoms with van der Waals surface area (Å²) in [5.74, 6) is 3.34. The van der Waals surface area contributed by atoms with Crippen molar-refractivity contribution in [3.63, 3.8) is 0 Å². The number of benzene rings is 8. The lowest BCUT2D eigenvalue weighted by Gasteiger charge is -2.31. The van der Waals surface area contributed by atoms with Crippen LogP contribution in [-0.4, -0.2) is 27.4 Å². The molecule has 0 saturated carbocycles. The van der Waals surface area contributed by atoms with Crippen LogP contribution >= 0.6 is 0 Å². The Balaban J connectivity index is 1.47. The summed E-state index contributed by atoms with van der Waals surface area (Å²) in [6.45, 7) is 9.91. The molecule has 0 aromatic heterocycles. The largest absolute Gasteiger partial charge is 0.497 e. The normalized spacial score (nSPS) is 11.3. The van der Waals surface area contributed by atoms with Crippen LogP contribution in [0, 0.1) is 13.8 Å². The molecule has 0 radical (unpaired) electrons. The number of hydrogen-bond acceptors (Lipinski definition) is 6. The third kappa shape index (κ3) is 7.43. The van der Waals surface area contributed by atoms with Gasteiger partial charge in [-0.15, -0.1) is 0 Å². The Hall–Kier alpha value is -6.40. The van der Waals surface area contributed by atoms with Crippen LogP contribution in [0.1, 0.15) is 50.7 Å². The van der Waals surface area contributed by atoms with Crippen LogP contribution in [0.2, 0.25) is 0 Å². The van der Waals surface area contributed by atoms with Crippen molar-refractivity contribution >= 4 is 66.4 Å². The number of nitrogens with zero attached hydrogens (tertiary/aromatic N) is 2. The number of anilines is 6. The Morgan fingerprint density at radius 2 is 0.741 bits per heavy atom. The number of methoxy groups -OCH3 is 2. The van der Waals surface area contributed by atoms with Gasteiger partial charge in [0, 0.05) is 67.2 Å². The molecule has 294 valence electrons. The molecule has 0 aliphatic heterocycles. The van der Waals surface area contributed by atoms with Gasteiger partial charge in [0.25, 0.3) is 0 Å². The molecule has 0 spiro atoms. The smallest absolute Gasteiger partial charge is 0.129 e. The predicted molar refractivity (Wildman–Crippen MR) is 243 cm³/mol. The van der Waals surface area contributed by atoms with Crippen LogP contribution in [0.15, 0.2) is 133 Å². The molecule has 0 aliphatic carbocycles. The fourth-order valence-corrected chi connectivity index (χ4v) is 7.86. The van der Waals surface area contributed by atoms with Crippen molar-refractivity contribution in [3.05, 3.63) is 145 Å². The van der Waals surface area contributed by atoms with E-state index in [0.29, 0.717) is 13.2 Å². The van der Waals surface area contributed by atoms with Gasteiger partial charge in [0.05, 0.1) is 38.8 Å². The second kappa shape index (κ2) is 17.0. The third-order valence-electron chi connectivity index (χ3n) is 11.0. The van der Waals surface area contributed by atoms with Crippen molar-refractivity contribution in [2.75, 3.05) is 37.2 Å². The highest BCUT2D eigenvalue weighted by Gasteiger charge is 2.26. The molecular weight excluding hydrogens is 717 g/mol. The van der Waals surface area contributed by atoms with E-state index in [1.807, 2.05) is 24.3 Å². The summed E-state index contributed by atoms with van der Waals surface area (Å²) in [5.41, 5.74) is 8.63. The molecule has 0 unspecified atom stereocenters. The maximum Gasteiger partial charge on any atom is 0.129 e. The zero-order valence-corrected chi connectivity index (χ0v) is 34.5. The second-order valence-corrected chi connectivity index (χ2v) is 15.0. The van der Waals surface area contributed by atoms with Gasteiger partial charge in [0.1, 0.15) is 23.0 Å². The Labute approximate surface area is 342 Å². The molecule has 0 aliphatic rings. The van der Waals surface area contributed by atoms with Crippen molar-refractivity contribution in [3.8, 4) is 23.0 Å². The first-order chi connectivity index (χ1) is 28.4. The standard InChI is InChI=1S/C52H52N2O4/c1-7-9-31-57-49-33-47(53(37-15-11-35(3)12-16-37)39-19-23-41(55-5)24-20-39)43-28-30-46-50(58-32-10-8-2)34-48(44-27-29-45(49)51(43)52(44)46)54(38-17-13-36(4)14-18-38)40-21-25-42(56-6)26-22-40/h11-30,33-34H,7-10,31-32H2,1-6H3. The van der Waals surface area contributed by atoms with E-state index in [4.69, 9.17) is 18.9 Å². The molecule has 6 nitrogen and oxygen atoms in total. The summed E-state index contributed by atoms with van der Waals surface area (Å²) in [7, 11) is 3.41. The van der Waals surface area contributed by atoms with Gasteiger partial charge in [-0.2, -0.15) is 0 Å². The van der Waals surface area contributed by atoms with E-state index in [0.717, 1.165) is 115 Å². The van der Waals surface area contributed by atoms with Crippen LogP contribution in [-0.2, 0) is 0 Å². The topological polar surface area (TPSA) is 43.4 Å². The lowest BCUT2D eigenvalue weighted by molar-refractivity contribution is 0.313. The van der Waals surface area contributed by atoms with Crippen molar-refractivity contribution < 1.29 is 18.9 Å². The number of hydrogen-bond donors (Lipinski definition) is 0. The van der Waals surface area contributed by atoms with Gasteiger partial charge in [-0.25, -0.2) is 0 Å². The third-order valence-corrected chi connectivity index (χ3v) is 11.0. The van der Waals surface area contributed by atoms with Crippen LogP contribution < -0.4 is 28.7 Å². The van der Waals surface area contributed by atoms with Crippen molar-refractivity contribution in [2.45, 2.75) is 53.4 Å². The summed E-state index contributed by atoms with van der Waals surface area (Å²) < 4.78 is 24.8. The lowest BCUT2D eigenvalue weighted by Crippen LogP contribution is -2.12. The van der Waals surface area contributed by atoms with Gasteiger partial charge < -0.3 is 28.7 Å². The fourth-order valence-electron chi connectivity index (χ4n) is 7.86. The zero-order chi connectivity index (χ0) is 40.2. The van der Waals surface area contributed by atoms with Crippen molar-refractivity contribution in [1.82, 2.24) is 0 Å². The van der Waals surface area contributed by atoms with Gasteiger partial charge in [-0.05, 0) is 112 Å². The van der Waals surface area contributed by atoms with E-state index in [2.05, 4.69) is 147 Å². The minimum absolute atomic E-state index is 0.627. The maximum absolute atomic E-state index is 6.78. The van der Waals surface area contributed by atoms with Crippen LogP contribution in [0.5, 0.6) is 23.0 Å². The molecule has 0 saturated heterocycles. The van der Waals surface area contributed by atoms with E-state index in [9.17, 15) is 0 Å². The van der Waals surface area contributed by atoms with Gasteiger partial charge >= 0.3 is 0 Å². The summed E-state index contributed by atoms with van der Waals surface area (Å²) in [6.07, 6.45) is 4.01. The summed E-state index contributed by atoms with van der Waals surface area (Å²) in [5, 5.41) is 6.69. The Bertz CT molecular complexity index is 2430. The lowest BCUT2D eigenvalue weighted by atomic mass is 9.90. The second-order valence-electron chi connectivity index (χ2n) is 15.0. The first-order valence-corrected chi connectivity index (χ1v) is 20.5. The molecular formula is C52H52N2O4. The number of ether oxygens (including phenoxy) is 4. The highest BCUT2D eigenvalue weighted by molar-refractivity contribution is 6.30. The van der Waals surface area contributed by atoms with Gasteiger partial charge in [-0.1, -0.05) is 74.2 Å². The van der Waals surface area contributed by atoms with Gasteiger partial charge in [0.15, 0.2) is 0 Å². The molecule has 8 aromatic carbocycles. The maximum atomic E-state index is 6.78. The van der Waals surface area contributed by atoms with E-state index in [-0.39, 0.29) is 0 Å². The van der Waals surface area contributed by atoms with Crippen LogP contribution in [0.4, 0.5) is 34.1 Å². The Morgan fingerprint density at radius 3 is 1.07 bits per heavy atom. The van der Waals surface area contributed by atoms with E-state index >= 15 is 0 Å². The highest BCUT2D eigenvalue weighted by Crippen LogP contribution is 2.52. The average Bonchev–Trinajstić information content (AvgIpc) is 3.26. The number of unbranched alkanes of at least 4 members (excludes halogenated alkanes) is 2. The zero-order valence-electron chi connectivity index (χ0n) is 34.5. The predicted octanol–water partition coefficient (Wildman–Crippen LogP) is 14.5. The summed E-state index contributed by atoms with van der Waals surface area (Å²) in [6, 6.07) is 47.6. The van der Waals surface area contributed by atoms with Gasteiger partial charge in [-0.3, -0.25) is 0 Å². The fraction of sp³-hybridized carbons (Fsp3) is 0.231. The van der Waals surface area contributed by atoms with Crippen molar-refractivity contribution in [1.29, 1.82) is 0 Å². The van der Waals surface area contributed by atoms with Crippen LogP contribution in [0.25, 0.3) is 32.3 Å². The molecule has 6 heteroatoms. The minimum atomic E-state index is 0.627. The summed E-state index contributed by atoms with van der Waals surface area (Å²) >= 11 is 0. The molecule has 8 aromatic rings. The van der Waals surface area contributed by atoms with E-state index < -0.39 is 0 Å². The Kier molecular flexibility index (Phi) is 11.3. The molecule has 0 N–H and O–H groups in total. The first kappa shape index (κ1) is 38.5. The molecule has 0 fully saturated rings. The quantitative estimate of drug-likeness (QED) is 0.0720. The average molecular weight is 769 g/mol. The SMILES string of the molecule is CCCCOc1cc(N(c2ccc(C)cc2)c2ccc(OC)cc2)c2ccc3c(OCCCC)cc(N(c4ccc(C)cc4)c4ccc(OC)cc4)c4ccc1c2c34. The van der Waals surface area contributed by atoms with E-state index in [1.165, 1.54) is 11.1 Å². The van der Waals surface area contributed by atoms with Gasteiger partial charge in [0.2, 0.25) is 0 Å². The Morgan fingerprint density at radius 1 is 0.414 bits per heavy atom. The number of rotatable bonds is 16. The summed E-state index contributed by atoms with van der Waals surface area (Å²) in [4.78, 5) is 4.68. The van der Waals surface area contributed by atoms with Crippen LogP contribution in [0.3, 0.4) is 0 Å². The number of aryl methyl sites for hydroxylation is 2. The molecule has 58 heavy (non-hydrogen) atoms. The minimum Gasteiger partial charge on any atom is -0.497 e. The molecule has 0 bridgehead atoms. The van der Waals surface area contributed by atoms with E-state index in [1.54, 1.807) is 14.2 Å².